The number of carbonyl (C=O) groups is 2. The molecule has 44 heavy (non-hydrogen) atoms. The lowest BCUT2D eigenvalue weighted by Gasteiger charge is -2.35. The van der Waals surface area contributed by atoms with Crippen LogP contribution < -0.4 is 5.32 Å². The van der Waals surface area contributed by atoms with Crippen molar-refractivity contribution in [1.29, 1.82) is 0 Å². The summed E-state index contributed by atoms with van der Waals surface area (Å²) in [7, 11) is 0. The number of alkyl carbamates (subject to hydrolysis) is 1. The number of carboxylic acids is 1. The van der Waals surface area contributed by atoms with Crippen molar-refractivity contribution in [3.63, 3.8) is 0 Å². The molecule has 0 aromatic heterocycles. The van der Waals surface area contributed by atoms with E-state index in [1.807, 2.05) is 78.9 Å². The Morgan fingerprint density at radius 1 is 0.727 bits per heavy atom. The highest BCUT2D eigenvalue weighted by atomic mass is 32.2. The molecule has 1 aliphatic carbocycles. The van der Waals surface area contributed by atoms with E-state index >= 15 is 0 Å². The number of hydrogen-bond acceptors (Lipinski definition) is 4. The molecule has 0 radical (unpaired) electrons. The molecule has 1 amide bonds. The van der Waals surface area contributed by atoms with Gasteiger partial charge in [-0.3, -0.25) is 0 Å². The SMILES string of the molecule is O=C(N[C@@H](CCSC(c1ccccc1)(c1ccccc1)c1ccccc1)C(=O)O)OCc1cccc2c1Cc1ccccc1-2. The van der Waals surface area contributed by atoms with Gasteiger partial charge in [0, 0.05) is 0 Å². The van der Waals surface area contributed by atoms with Crippen LogP contribution in [0.2, 0.25) is 0 Å². The van der Waals surface area contributed by atoms with Crippen molar-refractivity contribution < 1.29 is 19.4 Å². The molecular formula is C38H33NO4S. The number of benzene rings is 5. The van der Waals surface area contributed by atoms with E-state index in [4.69, 9.17) is 4.74 Å². The zero-order valence-electron chi connectivity index (χ0n) is 24.2. The van der Waals surface area contributed by atoms with Crippen LogP contribution in [0.25, 0.3) is 11.1 Å². The van der Waals surface area contributed by atoms with E-state index in [1.54, 1.807) is 11.8 Å². The molecule has 0 unspecified atom stereocenters. The Morgan fingerprint density at radius 2 is 1.27 bits per heavy atom. The Hall–Kier alpha value is -4.81. The molecule has 0 fully saturated rings. The van der Waals surface area contributed by atoms with Gasteiger partial charge in [0.25, 0.3) is 0 Å². The summed E-state index contributed by atoms with van der Waals surface area (Å²) >= 11 is 1.66. The number of hydrogen-bond donors (Lipinski definition) is 2. The quantitative estimate of drug-likeness (QED) is 0.147. The summed E-state index contributed by atoms with van der Waals surface area (Å²) in [5.74, 6) is -0.622. The fourth-order valence-corrected chi connectivity index (χ4v) is 7.61. The Balaban J connectivity index is 1.16. The van der Waals surface area contributed by atoms with Crippen LogP contribution >= 0.6 is 11.8 Å². The molecule has 5 aromatic rings. The van der Waals surface area contributed by atoms with Crippen LogP contribution in [-0.2, 0) is 27.3 Å². The minimum Gasteiger partial charge on any atom is -0.480 e. The average molecular weight is 600 g/mol. The van der Waals surface area contributed by atoms with Crippen LogP contribution in [0.5, 0.6) is 0 Å². The maximum atomic E-state index is 12.9. The number of aliphatic carboxylic acids is 1. The third-order valence-electron chi connectivity index (χ3n) is 8.16. The molecule has 6 rings (SSSR count). The Bertz CT molecular complexity index is 1640. The molecule has 0 bridgehead atoms. The van der Waals surface area contributed by atoms with Crippen molar-refractivity contribution in [3.8, 4) is 11.1 Å². The first kappa shape index (κ1) is 29.3. The van der Waals surface area contributed by atoms with Gasteiger partial charge in [0.15, 0.2) is 0 Å². The minimum atomic E-state index is -1.10. The third kappa shape index (κ3) is 5.99. The van der Waals surface area contributed by atoms with Crippen molar-refractivity contribution in [1.82, 2.24) is 5.32 Å². The molecule has 6 heteroatoms. The van der Waals surface area contributed by atoms with E-state index in [9.17, 15) is 14.7 Å². The van der Waals surface area contributed by atoms with Crippen LogP contribution in [0, 0.1) is 0 Å². The molecule has 0 saturated carbocycles. The molecule has 2 N–H and O–H groups in total. The van der Waals surface area contributed by atoms with Crippen LogP contribution in [0.4, 0.5) is 4.79 Å². The highest BCUT2D eigenvalue weighted by Gasteiger charge is 2.37. The highest BCUT2D eigenvalue weighted by Crippen LogP contribution is 2.48. The van der Waals surface area contributed by atoms with Gasteiger partial charge in [0.05, 0.1) is 4.75 Å². The number of carbonyl (C=O) groups excluding carboxylic acids is 1. The van der Waals surface area contributed by atoms with E-state index in [1.165, 1.54) is 11.1 Å². The second-order valence-corrected chi connectivity index (χ2v) is 12.1. The van der Waals surface area contributed by atoms with E-state index in [0.29, 0.717) is 5.75 Å². The summed E-state index contributed by atoms with van der Waals surface area (Å²) in [6, 6.07) is 44.0. The predicted octanol–water partition coefficient (Wildman–Crippen LogP) is 8.05. The molecule has 1 aliphatic rings. The zero-order chi connectivity index (χ0) is 30.4. The van der Waals surface area contributed by atoms with Gasteiger partial charge < -0.3 is 15.2 Å². The van der Waals surface area contributed by atoms with Crippen LogP contribution in [0.3, 0.4) is 0 Å². The highest BCUT2D eigenvalue weighted by molar-refractivity contribution is 8.00. The summed E-state index contributed by atoms with van der Waals surface area (Å²) in [5.41, 5.74) is 8.97. The number of carboxylic acid groups (broad SMARTS) is 1. The molecule has 0 heterocycles. The number of nitrogens with one attached hydrogen (secondary N) is 1. The summed E-state index contributed by atoms with van der Waals surface area (Å²) in [5, 5.41) is 12.6. The van der Waals surface area contributed by atoms with Crippen molar-refractivity contribution >= 4 is 23.8 Å². The summed E-state index contributed by atoms with van der Waals surface area (Å²) in [6.45, 7) is 0.0726. The van der Waals surface area contributed by atoms with E-state index in [0.717, 1.165) is 39.8 Å². The number of amides is 1. The van der Waals surface area contributed by atoms with Gasteiger partial charge in [-0.25, -0.2) is 9.59 Å². The van der Waals surface area contributed by atoms with Crippen molar-refractivity contribution in [2.45, 2.75) is 30.2 Å². The monoisotopic (exact) mass is 599 g/mol. The number of fused-ring (bicyclic) bond motifs is 3. The number of rotatable bonds is 11. The first-order valence-electron chi connectivity index (χ1n) is 14.7. The van der Waals surface area contributed by atoms with Crippen molar-refractivity contribution in [2.24, 2.45) is 0 Å². The van der Waals surface area contributed by atoms with Gasteiger partial charge in [-0.15, -0.1) is 11.8 Å². The lowest BCUT2D eigenvalue weighted by molar-refractivity contribution is -0.139. The number of ether oxygens (including phenoxy) is 1. The third-order valence-corrected chi connectivity index (χ3v) is 9.74. The molecular weight excluding hydrogens is 566 g/mol. The zero-order valence-corrected chi connectivity index (χ0v) is 25.0. The second kappa shape index (κ2) is 13.2. The smallest absolute Gasteiger partial charge is 0.408 e. The summed E-state index contributed by atoms with van der Waals surface area (Å²) in [4.78, 5) is 25.1. The maximum Gasteiger partial charge on any atom is 0.408 e. The standard InChI is InChI=1S/C38H33NO4S/c40-36(41)35(39-37(42)43-26-28-14-12-22-33-32-21-11-10-13-27(32)25-34(28)33)23-24-44-38(29-15-4-1-5-16-29,30-17-6-2-7-18-30)31-19-8-3-9-20-31/h1-22,35H,23-26H2,(H,39,42)(H,40,41)/t35-/m0/s1. The first-order valence-corrected chi connectivity index (χ1v) is 15.7. The van der Waals surface area contributed by atoms with Crippen molar-refractivity contribution in [2.75, 3.05) is 5.75 Å². The average Bonchev–Trinajstić information content (AvgIpc) is 3.46. The Morgan fingerprint density at radius 3 is 1.86 bits per heavy atom. The molecule has 0 aliphatic heterocycles. The molecule has 220 valence electrons. The van der Waals surface area contributed by atoms with E-state index in [2.05, 4.69) is 59.9 Å². The lowest BCUT2D eigenvalue weighted by Crippen LogP contribution is -2.41. The lowest BCUT2D eigenvalue weighted by atomic mass is 9.84. The summed E-state index contributed by atoms with van der Waals surface area (Å²) < 4.78 is 5.00. The van der Waals surface area contributed by atoms with Gasteiger partial charge in [-0.1, -0.05) is 133 Å². The van der Waals surface area contributed by atoms with Crippen LogP contribution in [-0.4, -0.2) is 29.0 Å². The molecule has 1 atom stereocenters. The van der Waals surface area contributed by atoms with Gasteiger partial charge in [0.1, 0.15) is 12.6 Å². The molecule has 5 nitrogen and oxygen atoms in total. The van der Waals surface area contributed by atoms with Gasteiger partial charge in [0.2, 0.25) is 0 Å². The predicted molar refractivity (Wildman–Crippen MR) is 176 cm³/mol. The second-order valence-electron chi connectivity index (χ2n) is 10.8. The van der Waals surface area contributed by atoms with Crippen LogP contribution in [0.15, 0.2) is 133 Å². The molecule has 0 saturated heterocycles. The van der Waals surface area contributed by atoms with Crippen LogP contribution in [0.1, 0.15) is 39.8 Å². The largest absolute Gasteiger partial charge is 0.480 e. The topological polar surface area (TPSA) is 75.6 Å². The maximum absolute atomic E-state index is 12.9. The fourth-order valence-electron chi connectivity index (χ4n) is 6.04. The normalized spacial score (nSPS) is 12.5. The Kier molecular flexibility index (Phi) is 8.80. The van der Waals surface area contributed by atoms with Crippen molar-refractivity contribution in [3.05, 3.63) is 167 Å². The molecule has 5 aromatic carbocycles. The van der Waals surface area contributed by atoms with Gasteiger partial charge >= 0.3 is 12.1 Å². The fraction of sp³-hybridized carbons (Fsp3) is 0.158. The van der Waals surface area contributed by atoms with Gasteiger partial charge in [-0.2, -0.15) is 0 Å². The summed E-state index contributed by atoms with van der Waals surface area (Å²) in [6.07, 6.45) is 0.267. The number of thioether (sulfide) groups is 1. The van der Waals surface area contributed by atoms with Gasteiger partial charge in [-0.05, 0) is 63.1 Å². The minimum absolute atomic E-state index is 0.0726. The van der Waals surface area contributed by atoms with E-state index in [-0.39, 0.29) is 13.0 Å². The first-order chi connectivity index (χ1) is 21.6. The Labute approximate surface area is 261 Å². The molecule has 0 spiro atoms. The van der Waals surface area contributed by atoms with E-state index < -0.39 is 22.9 Å².